The molecule has 15 heteroatoms. The number of carbonyl (C=O) groups excluding carboxylic acids is 4. The molecule has 0 bridgehead atoms. The Balaban J connectivity index is -0.000000180. The summed E-state index contributed by atoms with van der Waals surface area (Å²) < 4.78 is 0. The van der Waals surface area contributed by atoms with Gasteiger partial charge in [-0.05, 0) is 0 Å². The third-order valence-corrected chi connectivity index (χ3v) is 2.14. The third kappa shape index (κ3) is 25.3. The van der Waals surface area contributed by atoms with E-state index in [0.717, 1.165) is 9.80 Å². The molecule has 0 aliphatic carbocycles. The van der Waals surface area contributed by atoms with Crippen LogP contribution in [-0.2, 0) is 41.1 Å². The molecule has 0 saturated heterocycles. The summed E-state index contributed by atoms with van der Waals surface area (Å²) in [7, 11) is 0. The van der Waals surface area contributed by atoms with E-state index < -0.39 is 50.1 Å². The maximum Gasteiger partial charge on any atom is 4.00 e. The van der Waals surface area contributed by atoms with E-state index in [0.29, 0.717) is 0 Å². The minimum atomic E-state index is -1.53. The summed E-state index contributed by atoms with van der Waals surface area (Å²) in [6, 6.07) is 0. The van der Waals surface area contributed by atoms with Crippen molar-refractivity contribution in [2.45, 2.75) is 0 Å². The van der Waals surface area contributed by atoms with Gasteiger partial charge < -0.3 is 61.5 Å². The summed E-state index contributed by atoms with van der Waals surface area (Å²) in [5.74, 6) is -6.12. The van der Waals surface area contributed by atoms with Crippen LogP contribution in [0.2, 0.25) is 0 Å². The fourth-order valence-corrected chi connectivity index (χ4v) is 1.44. The Morgan fingerprint density at radius 3 is 0.800 bits per heavy atom. The van der Waals surface area contributed by atoms with Gasteiger partial charge >= 0.3 is 39.9 Å². The second-order valence-electron chi connectivity index (χ2n) is 3.91. The number of hydrogen-bond donors (Lipinski definition) is 0. The first-order chi connectivity index (χ1) is 9.20. The minimum absolute atomic E-state index is 0. The van der Waals surface area contributed by atoms with E-state index >= 15 is 0 Å². The Kier molecular flexibility index (Phi) is 32.9. The standard InChI is InChI=1S/C10H16N2O8.4H2O.Th/c13-7(14)3-11(4-8(15)16)1-2-12(5-9(17)18)6-10(19)20;;;;;/h1-6H2,(H,13,14)(H,15,16)(H,17,18)(H,19,20);4*1H2;/q;;;;;+4. The first kappa shape index (κ1) is 39.2. The van der Waals surface area contributed by atoms with Gasteiger partial charge in [0.05, 0.1) is 23.9 Å². The Hall–Kier alpha value is -1.04. The van der Waals surface area contributed by atoms with E-state index in [-0.39, 0.29) is 74.9 Å². The molecule has 0 radical (unpaired) electrons. The van der Waals surface area contributed by atoms with Crippen LogP contribution in [0.4, 0.5) is 0 Å². The molecule has 0 aliphatic heterocycles. The van der Waals surface area contributed by atoms with E-state index in [9.17, 15) is 39.6 Å². The molecule has 0 spiro atoms. The van der Waals surface area contributed by atoms with Gasteiger partial charge in [-0.25, -0.2) is 0 Å². The fourth-order valence-electron chi connectivity index (χ4n) is 1.44. The van der Waals surface area contributed by atoms with Gasteiger partial charge in [-0.2, -0.15) is 0 Å². The molecule has 0 unspecified atom stereocenters. The number of hydrogen-bond acceptors (Lipinski definition) is 10. The molecule has 0 saturated carbocycles. The van der Waals surface area contributed by atoms with Crippen molar-refractivity contribution in [2.24, 2.45) is 0 Å². The molecule has 0 fully saturated rings. The van der Waals surface area contributed by atoms with Crippen LogP contribution < -0.4 is 20.4 Å². The van der Waals surface area contributed by atoms with Crippen molar-refractivity contribution in [3.63, 3.8) is 0 Å². The maximum atomic E-state index is 10.4. The second kappa shape index (κ2) is 21.0. The predicted molar refractivity (Wildman–Crippen MR) is 72.4 cm³/mol. The molecule has 25 heavy (non-hydrogen) atoms. The molecule has 0 aromatic carbocycles. The number of carboxylic acid groups (broad SMARTS) is 4. The predicted octanol–water partition coefficient (Wildman–Crippen LogP) is -11.1. The SMILES string of the molecule is O=C([O-])CN(CCN(CC(=O)[O-])CC(=O)[O-])CC(=O)[O-].[OH3+].[OH3+].[OH3+].[OH3+].[Th+4]. The van der Waals surface area contributed by atoms with Crippen molar-refractivity contribution in [3.8, 4) is 0 Å². The molecular weight excluding hydrogens is 572 g/mol. The molecule has 146 valence electrons. The molecule has 0 aromatic heterocycles. The van der Waals surface area contributed by atoms with Crippen molar-refractivity contribution in [1.82, 2.24) is 9.80 Å². The zero-order chi connectivity index (χ0) is 15.7. The van der Waals surface area contributed by atoms with Crippen molar-refractivity contribution in [2.75, 3.05) is 39.3 Å². The van der Waals surface area contributed by atoms with E-state index in [2.05, 4.69) is 0 Å². The fraction of sp³-hybridized carbons (Fsp3) is 0.600. The van der Waals surface area contributed by atoms with Crippen LogP contribution in [0.15, 0.2) is 0 Å². The van der Waals surface area contributed by atoms with E-state index in [1.165, 1.54) is 0 Å². The Labute approximate surface area is 173 Å². The van der Waals surface area contributed by atoms with Crippen LogP contribution in [-0.4, -0.2) is 72.9 Å². The first-order valence-electron chi connectivity index (χ1n) is 5.44. The van der Waals surface area contributed by atoms with E-state index in [1.807, 2.05) is 0 Å². The zero-order valence-corrected chi connectivity index (χ0v) is 17.3. The molecule has 0 heterocycles. The molecule has 14 nitrogen and oxygen atoms in total. The van der Waals surface area contributed by atoms with Crippen LogP contribution in [0.25, 0.3) is 0 Å². The zero-order valence-electron chi connectivity index (χ0n) is 13.2. The van der Waals surface area contributed by atoms with E-state index in [4.69, 9.17) is 0 Å². The number of carbonyl (C=O) groups is 4. The average molecular weight is 596 g/mol. The van der Waals surface area contributed by atoms with Crippen LogP contribution in [0, 0.1) is 39.9 Å². The Bertz CT molecular complexity index is 326. The summed E-state index contributed by atoms with van der Waals surface area (Å²) >= 11 is 0. The minimum Gasteiger partial charge on any atom is -0.549 e. The van der Waals surface area contributed by atoms with Gasteiger partial charge in [0, 0.05) is 39.3 Å². The Morgan fingerprint density at radius 2 is 0.680 bits per heavy atom. The molecule has 0 aromatic rings. The van der Waals surface area contributed by atoms with E-state index in [1.54, 1.807) is 0 Å². The number of rotatable bonds is 11. The average Bonchev–Trinajstić information content (AvgIpc) is 2.22. The molecule has 0 aliphatic rings. The summed E-state index contributed by atoms with van der Waals surface area (Å²) in [5, 5.41) is 41.6. The van der Waals surface area contributed by atoms with Gasteiger partial charge in [0.1, 0.15) is 0 Å². The van der Waals surface area contributed by atoms with Crippen molar-refractivity contribution < 1.29 is 101 Å². The number of carboxylic acids is 4. The maximum absolute atomic E-state index is 10.4. The first-order valence-corrected chi connectivity index (χ1v) is 5.44. The largest absolute Gasteiger partial charge is 4.00 e. The smallest absolute Gasteiger partial charge is 0.549 e. The van der Waals surface area contributed by atoms with Crippen molar-refractivity contribution >= 4 is 23.9 Å². The quantitative estimate of drug-likeness (QED) is 0.203. The summed E-state index contributed by atoms with van der Waals surface area (Å²) in [4.78, 5) is 43.4. The van der Waals surface area contributed by atoms with Crippen LogP contribution >= 0.6 is 0 Å². The van der Waals surface area contributed by atoms with Gasteiger partial charge in [0.2, 0.25) is 0 Å². The van der Waals surface area contributed by atoms with Gasteiger partial charge in [0.15, 0.2) is 0 Å². The topological polar surface area (TPSA) is 299 Å². The number of aliphatic carboxylic acids is 4. The molecule has 0 atom stereocenters. The Morgan fingerprint density at radius 1 is 0.520 bits per heavy atom. The van der Waals surface area contributed by atoms with Gasteiger partial charge in [-0.1, -0.05) is 0 Å². The number of nitrogens with zero attached hydrogens (tertiary/aromatic N) is 2. The molecule has 0 amide bonds. The van der Waals surface area contributed by atoms with Gasteiger partial charge in [-0.15, -0.1) is 0 Å². The molecule has 12 N–H and O–H groups in total. The molecule has 0 rings (SSSR count). The van der Waals surface area contributed by atoms with Gasteiger partial charge in [0.25, 0.3) is 0 Å². The monoisotopic (exact) mass is 596 g/mol. The van der Waals surface area contributed by atoms with Crippen LogP contribution in [0.5, 0.6) is 0 Å². The van der Waals surface area contributed by atoms with Gasteiger partial charge in [-0.3, -0.25) is 9.80 Å². The molecular formula is C10H24N2O12Th+4. The van der Waals surface area contributed by atoms with Crippen LogP contribution in [0.1, 0.15) is 0 Å². The van der Waals surface area contributed by atoms with Crippen molar-refractivity contribution in [1.29, 1.82) is 0 Å². The summed E-state index contributed by atoms with van der Waals surface area (Å²) in [6.45, 7) is -3.25. The normalized spacial score (nSPS) is 8.56. The second-order valence-corrected chi connectivity index (χ2v) is 3.91. The van der Waals surface area contributed by atoms with Crippen molar-refractivity contribution in [3.05, 3.63) is 0 Å². The summed E-state index contributed by atoms with van der Waals surface area (Å²) in [6.07, 6.45) is 0. The third-order valence-electron chi connectivity index (χ3n) is 2.14. The summed E-state index contributed by atoms with van der Waals surface area (Å²) in [5.41, 5.74) is 0. The van der Waals surface area contributed by atoms with Crippen LogP contribution in [0.3, 0.4) is 0 Å².